The van der Waals surface area contributed by atoms with Crippen LogP contribution in [0.4, 0.5) is 0 Å². The van der Waals surface area contributed by atoms with Gasteiger partial charge in [0.2, 0.25) is 0 Å². The van der Waals surface area contributed by atoms with Crippen LogP contribution < -0.4 is 0 Å². The lowest BCUT2D eigenvalue weighted by Crippen LogP contribution is -2.41. The molecule has 4 heteroatoms. The zero-order chi connectivity index (χ0) is 10.9. The van der Waals surface area contributed by atoms with E-state index in [1.807, 2.05) is 6.92 Å². The molecule has 1 heterocycles. The van der Waals surface area contributed by atoms with Crippen LogP contribution in [-0.2, 0) is 14.3 Å². The van der Waals surface area contributed by atoms with E-state index in [1.54, 1.807) is 6.08 Å². The van der Waals surface area contributed by atoms with E-state index in [1.165, 1.54) is 0 Å². The van der Waals surface area contributed by atoms with Gasteiger partial charge in [-0.05, 0) is 5.57 Å². The van der Waals surface area contributed by atoms with Gasteiger partial charge in [-0.2, -0.15) is 0 Å². The molecule has 0 bridgehead atoms. The number of carbonyl (C=O) groups excluding carboxylic acids is 1. The normalized spacial score (nSPS) is 32.8. The molecule has 0 radical (unpaired) electrons. The number of aliphatic hydroxyl groups excluding tert-OH is 1. The van der Waals surface area contributed by atoms with Crippen LogP contribution in [-0.4, -0.2) is 36.5 Å². The molecule has 1 unspecified atom stereocenters. The molecule has 4 nitrogen and oxygen atoms in total. The first-order chi connectivity index (χ1) is 7.17. The van der Waals surface area contributed by atoms with E-state index in [-0.39, 0.29) is 18.3 Å². The molecule has 15 heavy (non-hydrogen) atoms. The average Bonchev–Trinajstić information content (AvgIpc) is 2.63. The Kier molecular flexibility index (Phi) is 2.91. The second-order valence-electron chi connectivity index (χ2n) is 4.17. The van der Waals surface area contributed by atoms with Crippen molar-refractivity contribution in [2.24, 2.45) is 5.92 Å². The van der Waals surface area contributed by atoms with Gasteiger partial charge in [-0.25, -0.2) is 0 Å². The number of rotatable bonds is 1. The largest absolute Gasteiger partial charge is 0.392 e. The Morgan fingerprint density at radius 2 is 2.20 bits per heavy atom. The number of aliphatic hydroxyl groups is 1. The summed E-state index contributed by atoms with van der Waals surface area (Å²) in [4.78, 5) is 11.8. The number of Topliss-reactive ketones (excluding diaryl/α,β-unsaturated/α-hetero) is 1. The molecule has 0 aromatic carbocycles. The van der Waals surface area contributed by atoms with Gasteiger partial charge >= 0.3 is 0 Å². The van der Waals surface area contributed by atoms with Crippen LogP contribution in [0.1, 0.15) is 19.8 Å². The van der Waals surface area contributed by atoms with Gasteiger partial charge in [0.15, 0.2) is 11.6 Å². The molecule has 0 aromatic rings. The van der Waals surface area contributed by atoms with Crippen LogP contribution >= 0.6 is 0 Å². The quantitative estimate of drug-likeness (QED) is 0.648. The molecule has 1 aliphatic heterocycles. The zero-order valence-corrected chi connectivity index (χ0v) is 8.86. The highest BCUT2D eigenvalue weighted by Gasteiger charge is 2.45. The molecule has 1 atom stereocenters. The van der Waals surface area contributed by atoms with Gasteiger partial charge in [0.25, 0.3) is 0 Å². The third kappa shape index (κ3) is 1.97. The smallest absolute Gasteiger partial charge is 0.173 e. The van der Waals surface area contributed by atoms with Crippen LogP contribution in [0.2, 0.25) is 0 Å². The van der Waals surface area contributed by atoms with Gasteiger partial charge in [0.05, 0.1) is 19.8 Å². The van der Waals surface area contributed by atoms with Gasteiger partial charge < -0.3 is 14.6 Å². The van der Waals surface area contributed by atoms with Crippen molar-refractivity contribution in [2.45, 2.75) is 25.6 Å². The van der Waals surface area contributed by atoms with Crippen LogP contribution in [0.25, 0.3) is 0 Å². The second-order valence-corrected chi connectivity index (χ2v) is 4.17. The number of ether oxygens (including phenoxy) is 2. The molecule has 0 aromatic heterocycles. The van der Waals surface area contributed by atoms with Crippen molar-refractivity contribution in [1.82, 2.24) is 0 Å². The van der Waals surface area contributed by atoms with E-state index in [2.05, 4.69) is 0 Å². The minimum atomic E-state index is -0.603. The third-order valence-corrected chi connectivity index (χ3v) is 2.99. The van der Waals surface area contributed by atoms with Gasteiger partial charge in [0.1, 0.15) is 0 Å². The van der Waals surface area contributed by atoms with E-state index in [0.717, 1.165) is 0 Å². The van der Waals surface area contributed by atoms with Crippen LogP contribution in [0, 0.1) is 5.92 Å². The fourth-order valence-corrected chi connectivity index (χ4v) is 2.33. The molecular formula is C11H16O4. The molecule has 2 rings (SSSR count). The average molecular weight is 212 g/mol. The summed E-state index contributed by atoms with van der Waals surface area (Å²) in [5.74, 6) is -0.586. The monoisotopic (exact) mass is 212 g/mol. The van der Waals surface area contributed by atoms with E-state index in [4.69, 9.17) is 14.6 Å². The van der Waals surface area contributed by atoms with Crippen LogP contribution in [0.5, 0.6) is 0 Å². The Morgan fingerprint density at radius 1 is 1.53 bits per heavy atom. The first-order valence-electron chi connectivity index (χ1n) is 5.29. The molecule has 2 fully saturated rings. The molecule has 1 saturated heterocycles. The van der Waals surface area contributed by atoms with Crippen LogP contribution in [0.15, 0.2) is 11.6 Å². The molecular weight excluding hydrogens is 196 g/mol. The van der Waals surface area contributed by atoms with E-state index >= 15 is 0 Å². The second kappa shape index (κ2) is 4.04. The summed E-state index contributed by atoms with van der Waals surface area (Å²) < 4.78 is 11.2. The fourth-order valence-electron chi connectivity index (χ4n) is 2.33. The minimum Gasteiger partial charge on any atom is -0.392 e. The fraction of sp³-hybridized carbons (Fsp3) is 0.727. The van der Waals surface area contributed by atoms with Crippen molar-refractivity contribution in [3.63, 3.8) is 0 Å². The van der Waals surface area contributed by atoms with Gasteiger partial charge in [0, 0.05) is 18.8 Å². The maximum atomic E-state index is 11.8. The predicted octanol–water partition coefficient (Wildman–Crippen LogP) is 0.647. The van der Waals surface area contributed by atoms with Gasteiger partial charge in [-0.3, -0.25) is 4.79 Å². The summed E-state index contributed by atoms with van der Waals surface area (Å²) in [7, 11) is 0. The van der Waals surface area contributed by atoms with Crippen molar-refractivity contribution < 1.29 is 19.4 Å². The molecule has 2 aliphatic rings. The summed E-state index contributed by atoms with van der Waals surface area (Å²) in [5.41, 5.74) is 0.637. The highest BCUT2D eigenvalue weighted by atomic mass is 16.7. The summed E-state index contributed by atoms with van der Waals surface area (Å²) in [6, 6.07) is 0. The Labute approximate surface area is 88.9 Å². The lowest BCUT2D eigenvalue weighted by molar-refractivity contribution is -0.178. The lowest BCUT2D eigenvalue weighted by atomic mass is 9.81. The van der Waals surface area contributed by atoms with Crippen molar-refractivity contribution >= 4 is 5.78 Å². The van der Waals surface area contributed by atoms with Crippen molar-refractivity contribution in [2.75, 3.05) is 19.8 Å². The van der Waals surface area contributed by atoms with Gasteiger partial charge in [-0.1, -0.05) is 13.0 Å². The molecule has 0 amide bonds. The maximum Gasteiger partial charge on any atom is 0.173 e. The number of carbonyl (C=O) groups is 1. The Balaban J connectivity index is 2.20. The summed E-state index contributed by atoms with van der Waals surface area (Å²) >= 11 is 0. The Morgan fingerprint density at radius 3 is 2.80 bits per heavy atom. The Bertz CT molecular complexity index is 289. The topological polar surface area (TPSA) is 55.8 Å². The summed E-state index contributed by atoms with van der Waals surface area (Å²) in [5, 5.41) is 8.84. The van der Waals surface area contributed by atoms with Gasteiger partial charge in [-0.15, -0.1) is 0 Å². The van der Waals surface area contributed by atoms with E-state index < -0.39 is 5.79 Å². The Hall–Kier alpha value is -0.710. The number of ketones is 1. The molecule has 1 aliphatic carbocycles. The molecule has 1 N–H and O–H groups in total. The standard InChI is InChI=1S/C11H16O4/c1-8-6-11(14-4-5-15-11)7-9(2-3-12)10(8)13/h2,8,12H,3-7H2,1H3/b9-2-. The number of hydrogen-bond donors (Lipinski definition) is 1. The first-order valence-corrected chi connectivity index (χ1v) is 5.29. The summed E-state index contributed by atoms with van der Waals surface area (Å²) in [6.45, 7) is 2.95. The predicted molar refractivity (Wildman–Crippen MR) is 53.2 cm³/mol. The first kappa shape index (κ1) is 10.8. The minimum absolute atomic E-state index is 0.0883. The van der Waals surface area contributed by atoms with Crippen molar-refractivity contribution in [3.05, 3.63) is 11.6 Å². The zero-order valence-electron chi connectivity index (χ0n) is 8.86. The highest BCUT2D eigenvalue weighted by Crippen LogP contribution is 2.39. The lowest BCUT2D eigenvalue weighted by Gasteiger charge is -2.35. The number of hydrogen-bond acceptors (Lipinski definition) is 4. The SMILES string of the molecule is CC1CC2(C/C(=C/CO)C1=O)OCCO2. The molecule has 1 saturated carbocycles. The maximum absolute atomic E-state index is 11.8. The summed E-state index contributed by atoms with van der Waals surface area (Å²) in [6.07, 6.45) is 2.65. The van der Waals surface area contributed by atoms with Crippen molar-refractivity contribution in [1.29, 1.82) is 0 Å². The van der Waals surface area contributed by atoms with Crippen molar-refractivity contribution in [3.8, 4) is 0 Å². The third-order valence-electron chi connectivity index (χ3n) is 2.99. The molecule has 84 valence electrons. The van der Waals surface area contributed by atoms with E-state index in [0.29, 0.717) is 31.6 Å². The van der Waals surface area contributed by atoms with E-state index in [9.17, 15) is 4.79 Å². The van der Waals surface area contributed by atoms with Crippen LogP contribution in [0.3, 0.4) is 0 Å². The highest BCUT2D eigenvalue weighted by molar-refractivity contribution is 5.98. The molecule has 1 spiro atoms.